The van der Waals surface area contributed by atoms with E-state index in [1.807, 2.05) is 34.0 Å². The van der Waals surface area contributed by atoms with E-state index in [9.17, 15) is 4.79 Å². The number of nitrogens with one attached hydrogen (secondary N) is 1. The summed E-state index contributed by atoms with van der Waals surface area (Å²) in [5.74, 6) is 0.664. The molecule has 0 saturated carbocycles. The van der Waals surface area contributed by atoms with Crippen molar-refractivity contribution in [2.75, 3.05) is 5.32 Å². The van der Waals surface area contributed by atoms with Crippen molar-refractivity contribution < 1.29 is 4.79 Å². The number of nitrogens with zero attached hydrogens (tertiary/aromatic N) is 4. The molecule has 1 amide bonds. The SMILES string of the molecule is Cc1nn(C)c(C)c1CC(=O)Nc1cc(C(C)(C)C)nn1C. The van der Waals surface area contributed by atoms with Crippen LogP contribution in [0.3, 0.4) is 0 Å². The predicted octanol–water partition coefficient (Wildman–Crippen LogP) is 2.25. The fourth-order valence-corrected chi connectivity index (χ4v) is 2.37. The highest BCUT2D eigenvalue weighted by atomic mass is 16.1. The van der Waals surface area contributed by atoms with Crippen LogP contribution in [0.25, 0.3) is 0 Å². The average Bonchev–Trinajstić information content (AvgIpc) is 2.85. The molecule has 0 unspecified atom stereocenters. The Balaban J connectivity index is 2.14. The number of rotatable bonds is 3. The van der Waals surface area contributed by atoms with Gasteiger partial charge in [-0.2, -0.15) is 10.2 Å². The number of anilines is 1. The van der Waals surface area contributed by atoms with Gasteiger partial charge >= 0.3 is 0 Å². The van der Waals surface area contributed by atoms with E-state index in [0.717, 1.165) is 22.6 Å². The predicted molar refractivity (Wildman–Crippen MR) is 86.9 cm³/mol. The van der Waals surface area contributed by atoms with Gasteiger partial charge in [-0.15, -0.1) is 0 Å². The van der Waals surface area contributed by atoms with Crippen molar-refractivity contribution in [2.45, 2.75) is 46.5 Å². The fraction of sp³-hybridized carbons (Fsp3) is 0.562. The third-order valence-corrected chi connectivity index (χ3v) is 3.91. The highest BCUT2D eigenvalue weighted by molar-refractivity contribution is 5.91. The maximum atomic E-state index is 12.3. The van der Waals surface area contributed by atoms with Crippen molar-refractivity contribution >= 4 is 11.7 Å². The summed E-state index contributed by atoms with van der Waals surface area (Å²) in [6, 6.07) is 1.93. The largest absolute Gasteiger partial charge is 0.311 e. The molecule has 0 spiro atoms. The lowest BCUT2D eigenvalue weighted by molar-refractivity contribution is -0.115. The Labute approximate surface area is 131 Å². The molecule has 22 heavy (non-hydrogen) atoms. The van der Waals surface area contributed by atoms with E-state index >= 15 is 0 Å². The van der Waals surface area contributed by atoms with Gasteiger partial charge < -0.3 is 5.32 Å². The van der Waals surface area contributed by atoms with Gasteiger partial charge in [0.1, 0.15) is 5.82 Å². The lowest BCUT2D eigenvalue weighted by Crippen LogP contribution is -2.17. The molecule has 120 valence electrons. The van der Waals surface area contributed by atoms with Crippen molar-refractivity contribution in [3.05, 3.63) is 28.7 Å². The van der Waals surface area contributed by atoms with Crippen molar-refractivity contribution in [2.24, 2.45) is 14.1 Å². The highest BCUT2D eigenvalue weighted by Crippen LogP contribution is 2.23. The molecule has 0 aliphatic heterocycles. The summed E-state index contributed by atoms with van der Waals surface area (Å²) in [6.07, 6.45) is 0.321. The third kappa shape index (κ3) is 3.21. The fourth-order valence-electron chi connectivity index (χ4n) is 2.37. The summed E-state index contributed by atoms with van der Waals surface area (Å²) in [5.41, 5.74) is 3.82. The zero-order valence-electron chi connectivity index (χ0n) is 14.5. The number of aryl methyl sites for hydroxylation is 3. The summed E-state index contributed by atoms with van der Waals surface area (Å²) in [4.78, 5) is 12.3. The Morgan fingerprint density at radius 2 is 1.82 bits per heavy atom. The number of carbonyl (C=O) groups is 1. The van der Waals surface area contributed by atoms with Crippen LogP contribution >= 0.6 is 0 Å². The van der Waals surface area contributed by atoms with E-state index in [-0.39, 0.29) is 11.3 Å². The van der Waals surface area contributed by atoms with Gasteiger partial charge in [0.05, 0.1) is 17.8 Å². The van der Waals surface area contributed by atoms with Gasteiger partial charge in [0, 0.05) is 36.8 Å². The number of hydrogen-bond acceptors (Lipinski definition) is 3. The maximum absolute atomic E-state index is 12.3. The first-order valence-corrected chi connectivity index (χ1v) is 7.43. The Bertz CT molecular complexity index is 703. The lowest BCUT2D eigenvalue weighted by atomic mass is 9.92. The van der Waals surface area contributed by atoms with Crippen molar-refractivity contribution in [3.63, 3.8) is 0 Å². The van der Waals surface area contributed by atoms with Crippen LogP contribution < -0.4 is 5.32 Å². The minimum Gasteiger partial charge on any atom is -0.311 e. The van der Waals surface area contributed by atoms with Gasteiger partial charge in [-0.1, -0.05) is 20.8 Å². The first-order chi connectivity index (χ1) is 10.1. The minimum atomic E-state index is -0.0531. The third-order valence-electron chi connectivity index (χ3n) is 3.91. The monoisotopic (exact) mass is 303 g/mol. The molecule has 0 fully saturated rings. The lowest BCUT2D eigenvalue weighted by Gasteiger charge is -2.13. The maximum Gasteiger partial charge on any atom is 0.230 e. The summed E-state index contributed by atoms with van der Waals surface area (Å²) in [7, 11) is 3.73. The molecule has 0 radical (unpaired) electrons. The zero-order valence-corrected chi connectivity index (χ0v) is 14.5. The van der Waals surface area contributed by atoms with Crippen LogP contribution in [0.2, 0.25) is 0 Å². The van der Waals surface area contributed by atoms with E-state index in [0.29, 0.717) is 12.2 Å². The van der Waals surface area contributed by atoms with Crippen molar-refractivity contribution in [1.82, 2.24) is 19.6 Å². The second-order valence-electron chi connectivity index (χ2n) is 6.79. The standard InChI is InChI=1S/C16H25N5O/c1-10-12(11(2)20(6)18-10)8-15(22)17-14-9-13(16(3,4)5)19-21(14)7/h9H,8H2,1-7H3,(H,17,22). The topological polar surface area (TPSA) is 64.7 Å². The van der Waals surface area contributed by atoms with Crippen LogP contribution in [0.15, 0.2) is 6.07 Å². The molecular formula is C16H25N5O. The second kappa shape index (κ2) is 5.59. The highest BCUT2D eigenvalue weighted by Gasteiger charge is 2.20. The molecule has 0 aliphatic carbocycles. The van der Waals surface area contributed by atoms with Crippen molar-refractivity contribution in [3.8, 4) is 0 Å². The molecule has 0 saturated heterocycles. The summed E-state index contributed by atoms with van der Waals surface area (Å²) in [6.45, 7) is 10.2. The van der Waals surface area contributed by atoms with Crippen LogP contribution in [0.5, 0.6) is 0 Å². The Morgan fingerprint density at radius 1 is 1.18 bits per heavy atom. The van der Waals surface area contributed by atoms with Crippen LogP contribution in [0.1, 0.15) is 43.4 Å². The molecule has 0 aliphatic rings. The Kier molecular flexibility index (Phi) is 4.13. The number of hydrogen-bond donors (Lipinski definition) is 1. The number of aromatic nitrogens is 4. The Morgan fingerprint density at radius 3 is 2.27 bits per heavy atom. The number of carbonyl (C=O) groups excluding carboxylic acids is 1. The average molecular weight is 303 g/mol. The van der Waals surface area contributed by atoms with E-state index in [1.54, 1.807) is 9.36 Å². The molecule has 6 nitrogen and oxygen atoms in total. The van der Waals surface area contributed by atoms with Crippen LogP contribution in [-0.4, -0.2) is 25.5 Å². The van der Waals surface area contributed by atoms with Gasteiger partial charge in [-0.3, -0.25) is 14.2 Å². The molecule has 1 N–H and O–H groups in total. The molecule has 2 aromatic rings. The molecule has 2 heterocycles. The van der Waals surface area contributed by atoms with Crippen molar-refractivity contribution in [1.29, 1.82) is 0 Å². The first-order valence-electron chi connectivity index (χ1n) is 7.43. The minimum absolute atomic E-state index is 0.0444. The second-order valence-corrected chi connectivity index (χ2v) is 6.79. The smallest absolute Gasteiger partial charge is 0.230 e. The summed E-state index contributed by atoms with van der Waals surface area (Å²) >= 11 is 0. The van der Waals surface area contributed by atoms with Gasteiger partial charge in [-0.25, -0.2) is 0 Å². The molecule has 6 heteroatoms. The van der Waals surface area contributed by atoms with Gasteiger partial charge in [0.2, 0.25) is 5.91 Å². The number of amides is 1. The molecule has 2 aromatic heterocycles. The Hall–Kier alpha value is -2.11. The van der Waals surface area contributed by atoms with Crippen LogP contribution in [0.4, 0.5) is 5.82 Å². The summed E-state index contributed by atoms with van der Waals surface area (Å²) in [5, 5.41) is 11.7. The first kappa shape index (κ1) is 16.3. The van der Waals surface area contributed by atoms with E-state index < -0.39 is 0 Å². The van der Waals surface area contributed by atoms with Crippen LogP contribution in [-0.2, 0) is 30.7 Å². The molecule has 0 atom stereocenters. The zero-order chi connectivity index (χ0) is 16.7. The molecule has 0 bridgehead atoms. The van der Waals surface area contributed by atoms with Gasteiger partial charge in [0.25, 0.3) is 0 Å². The molecule has 0 aromatic carbocycles. The van der Waals surface area contributed by atoms with E-state index in [1.165, 1.54) is 0 Å². The van der Waals surface area contributed by atoms with Crippen LogP contribution in [0, 0.1) is 13.8 Å². The molecule has 2 rings (SSSR count). The summed E-state index contributed by atoms with van der Waals surface area (Å²) < 4.78 is 3.52. The van der Waals surface area contributed by atoms with E-state index in [2.05, 4.69) is 36.3 Å². The van der Waals surface area contributed by atoms with Gasteiger partial charge in [0.15, 0.2) is 0 Å². The van der Waals surface area contributed by atoms with E-state index in [4.69, 9.17) is 0 Å². The quantitative estimate of drug-likeness (QED) is 0.946. The van der Waals surface area contributed by atoms with Gasteiger partial charge in [-0.05, 0) is 13.8 Å². The molecular weight excluding hydrogens is 278 g/mol. The normalized spacial score (nSPS) is 11.8.